The third-order valence-corrected chi connectivity index (χ3v) is 3.28. The molecule has 88 valence electrons. The summed E-state index contributed by atoms with van der Waals surface area (Å²) in [5, 5.41) is 3.17. The molecule has 1 atom stereocenters. The molecule has 0 aromatic carbocycles. The van der Waals surface area contributed by atoms with Gasteiger partial charge in [0.15, 0.2) is 0 Å². The number of hydrogen-bond acceptors (Lipinski definition) is 4. The Labute approximate surface area is 112 Å². The molecule has 0 bridgehead atoms. The first-order chi connectivity index (χ1) is 8.18. The number of aromatic nitrogens is 3. The number of anilines is 1. The molecule has 0 amide bonds. The number of halogens is 1. The molecule has 0 aliphatic carbocycles. The van der Waals surface area contributed by atoms with E-state index in [1.54, 1.807) is 6.20 Å². The van der Waals surface area contributed by atoms with Gasteiger partial charge in [-0.2, -0.15) is 0 Å². The molecule has 6 heteroatoms. The lowest BCUT2D eigenvalue weighted by Crippen LogP contribution is -2.17. The van der Waals surface area contributed by atoms with Gasteiger partial charge >= 0.3 is 0 Å². The Bertz CT molecular complexity index is 555. The lowest BCUT2D eigenvalue weighted by Gasteiger charge is -2.14. The molecular formula is C11H11IN4O. The molecule has 0 saturated carbocycles. The second-order valence-electron chi connectivity index (χ2n) is 3.51. The van der Waals surface area contributed by atoms with E-state index >= 15 is 0 Å². The van der Waals surface area contributed by atoms with Gasteiger partial charge in [0.2, 0.25) is 0 Å². The number of nitrogens with one attached hydrogen (secondary N) is 2. The fourth-order valence-electron chi connectivity index (χ4n) is 1.39. The van der Waals surface area contributed by atoms with Crippen LogP contribution < -0.4 is 10.9 Å². The van der Waals surface area contributed by atoms with Crippen molar-refractivity contribution in [2.75, 3.05) is 5.32 Å². The van der Waals surface area contributed by atoms with Crippen molar-refractivity contribution in [3.8, 4) is 0 Å². The first kappa shape index (κ1) is 12.0. The molecule has 0 aliphatic rings. The highest BCUT2D eigenvalue weighted by Gasteiger charge is 2.10. The highest BCUT2D eigenvalue weighted by atomic mass is 127. The number of pyridine rings is 1. The maximum atomic E-state index is 11.4. The van der Waals surface area contributed by atoms with Gasteiger partial charge in [0, 0.05) is 6.20 Å². The molecule has 0 fully saturated rings. The van der Waals surface area contributed by atoms with Crippen LogP contribution in [0.15, 0.2) is 35.5 Å². The van der Waals surface area contributed by atoms with Crippen molar-refractivity contribution in [2.45, 2.75) is 13.0 Å². The van der Waals surface area contributed by atoms with E-state index in [2.05, 4.69) is 20.3 Å². The van der Waals surface area contributed by atoms with Crippen LogP contribution in [-0.2, 0) is 0 Å². The molecule has 2 rings (SSSR count). The summed E-state index contributed by atoms with van der Waals surface area (Å²) in [5.41, 5.74) is 0.765. The van der Waals surface area contributed by atoms with Gasteiger partial charge in [-0.05, 0) is 41.6 Å². The van der Waals surface area contributed by atoms with Gasteiger partial charge in [-0.1, -0.05) is 6.07 Å². The van der Waals surface area contributed by atoms with Gasteiger partial charge in [0.1, 0.15) is 9.39 Å². The van der Waals surface area contributed by atoms with Crippen molar-refractivity contribution in [3.63, 3.8) is 0 Å². The van der Waals surface area contributed by atoms with E-state index in [1.807, 2.05) is 47.7 Å². The molecule has 2 aromatic heterocycles. The average molecular weight is 342 g/mol. The van der Waals surface area contributed by atoms with E-state index in [1.165, 1.54) is 6.33 Å². The molecule has 2 heterocycles. The smallest absolute Gasteiger partial charge is 0.266 e. The molecule has 17 heavy (non-hydrogen) atoms. The highest BCUT2D eigenvalue weighted by Crippen LogP contribution is 2.17. The monoisotopic (exact) mass is 342 g/mol. The maximum absolute atomic E-state index is 11.4. The van der Waals surface area contributed by atoms with Crippen LogP contribution in [-0.4, -0.2) is 15.0 Å². The van der Waals surface area contributed by atoms with Gasteiger partial charge in [0.25, 0.3) is 5.56 Å². The number of H-pyrrole nitrogens is 1. The molecule has 1 unspecified atom stereocenters. The fraction of sp³-hybridized carbons (Fsp3) is 0.182. The van der Waals surface area contributed by atoms with Crippen molar-refractivity contribution in [2.24, 2.45) is 0 Å². The minimum Gasteiger partial charge on any atom is -0.361 e. The number of rotatable bonds is 3. The summed E-state index contributed by atoms with van der Waals surface area (Å²) in [4.78, 5) is 22.3. The van der Waals surface area contributed by atoms with Gasteiger partial charge in [-0.15, -0.1) is 0 Å². The highest BCUT2D eigenvalue weighted by molar-refractivity contribution is 14.1. The van der Waals surface area contributed by atoms with E-state index < -0.39 is 0 Å². The van der Waals surface area contributed by atoms with Crippen LogP contribution >= 0.6 is 22.6 Å². The Morgan fingerprint density at radius 3 is 2.94 bits per heavy atom. The Morgan fingerprint density at radius 1 is 1.41 bits per heavy atom. The largest absolute Gasteiger partial charge is 0.361 e. The molecule has 2 N–H and O–H groups in total. The van der Waals surface area contributed by atoms with E-state index in [0.717, 1.165) is 5.69 Å². The zero-order valence-electron chi connectivity index (χ0n) is 9.14. The zero-order valence-corrected chi connectivity index (χ0v) is 11.3. The fourth-order valence-corrected chi connectivity index (χ4v) is 1.85. The second kappa shape index (κ2) is 5.26. The van der Waals surface area contributed by atoms with E-state index in [4.69, 9.17) is 0 Å². The molecule has 0 radical (unpaired) electrons. The average Bonchev–Trinajstić information content (AvgIpc) is 2.36. The van der Waals surface area contributed by atoms with Crippen molar-refractivity contribution < 1.29 is 0 Å². The minimum absolute atomic E-state index is 0.000911. The summed E-state index contributed by atoms with van der Waals surface area (Å²) >= 11 is 1.97. The van der Waals surface area contributed by atoms with Crippen LogP contribution in [0.2, 0.25) is 0 Å². The topological polar surface area (TPSA) is 70.7 Å². The Kier molecular flexibility index (Phi) is 3.72. The number of hydrogen-bond donors (Lipinski definition) is 2. The first-order valence-electron chi connectivity index (χ1n) is 5.09. The molecule has 0 saturated heterocycles. The summed E-state index contributed by atoms with van der Waals surface area (Å²) < 4.78 is 0.549. The van der Waals surface area contributed by atoms with Crippen LogP contribution in [0.3, 0.4) is 0 Å². The maximum Gasteiger partial charge on any atom is 0.266 e. The van der Waals surface area contributed by atoms with Crippen molar-refractivity contribution in [1.29, 1.82) is 0 Å². The number of aromatic amines is 1. The molecule has 0 aliphatic heterocycles. The van der Waals surface area contributed by atoms with Crippen LogP contribution in [0, 0.1) is 3.57 Å². The van der Waals surface area contributed by atoms with Crippen LogP contribution in [0.1, 0.15) is 18.7 Å². The van der Waals surface area contributed by atoms with Gasteiger partial charge < -0.3 is 10.3 Å². The molecule has 2 aromatic rings. The molecular weight excluding hydrogens is 331 g/mol. The minimum atomic E-state index is -0.142. The SMILES string of the molecule is CC(Nc1nc[nH]c(=O)c1I)c1ccccn1. The van der Waals surface area contributed by atoms with Crippen molar-refractivity contribution >= 4 is 28.4 Å². The summed E-state index contributed by atoms with van der Waals surface area (Å²) in [6, 6.07) is 5.72. The van der Waals surface area contributed by atoms with Gasteiger partial charge in [0.05, 0.1) is 18.1 Å². The van der Waals surface area contributed by atoms with Crippen LogP contribution in [0.5, 0.6) is 0 Å². The molecule has 0 spiro atoms. The molecule has 5 nitrogen and oxygen atoms in total. The summed E-state index contributed by atoms with van der Waals surface area (Å²) in [5.74, 6) is 0.576. The normalized spacial score (nSPS) is 12.1. The lowest BCUT2D eigenvalue weighted by molar-refractivity contribution is 0.827. The Balaban J connectivity index is 2.22. The Morgan fingerprint density at radius 2 is 2.24 bits per heavy atom. The van der Waals surface area contributed by atoms with Crippen LogP contribution in [0.4, 0.5) is 5.82 Å². The third kappa shape index (κ3) is 2.82. The predicted molar refractivity (Wildman–Crippen MR) is 73.8 cm³/mol. The Hall–Kier alpha value is -1.44. The standard InChI is InChI=1S/C11H11IN4O/c1-7(8-4-2-3-5-13-8)16-10-9(12)11(17)15-6-14-10/h2-7H,1H3,(H2,14,15,16,17). The van der Waals surface area contributed by atoms with E-state index in [-0.39, 0.29) is 11.6 Å². The van der Waals surface area contributed by atoms with Crippen molar-refractivity contribution in [1.82, 2.24) is 15.0 Å². The lowest BCUT2D eigenvalue weighted by atomic mass is 10.2. The van der Waals surface area contributed by atoms with Gasteiger partial charge in [-0.25, -0.2) is 4.98 Å². The van der Waals surface area contributed by atoms with Crippen molar-refractivity contribution in [3.05, 3.63) is 50.3 Å². The number of nitrogens with zero attached hydrogens (tertiary/aromatic N) is 2. The third-order valence-electron chi connectivity index (χ3n) is 2.28. The summed E-state index contributed by atoms with van der Waals surface area (Å²) in [6.07, 6.45) is 3.13. The predicted octanol–water partition coefficient (Wildman–Crippen LogP) is 1.94. The first-order valence-corrected chi connectivity index (χ1v) is 6.17. The summed E-state index contributed by atoms with van der Waals surface area (Å²) in [6.45, 7) is 1.97. The second-order valence-corrected chi connectivity index (χ2v) is 4.59. The summed E-state index contributed by atoms with van der Waals surface area (Å²) in [7, 11) is 0. The zero-order chi connectivity index (χ0) is 12.3. The van der Waals surface area contributed by atoms with E-state index in [0.29, 0.717) is 9.39 Å². The van der Waals surface area contributed by atoms with Crippen LogP contribution in [0.25, 0.3) is 0 Å². The quantitative estimate of drug-likeness (QED) is 0.837. The van der Waals surface area contributed by atoms with Gasteiger partial charge in [-0.3, -0.25) is 9.78 Å². The van der Waals surface area contributed by atoms with E-state index in [9.17, 15) is 4.79 Å².